The van der Waals surface area contributed by atoms with Crippen molar-refractivity contribution in [2.75, 3.05) is 6.54 Å². The summed E-state index contributed by atoms with van der Waals surface area (Å²) >= 11 is 0. The number of nitrogens with one attached hydrogen (secondary N) is 4. The van der Waals surface area contributed by atoms with Crippen molar-refractivity contribution in [3.05, 3.63) is 18.2 Å². The van der Waals surface area contributed by atoms with Crippen molar-refractivity contribution < 1.29 is 34.2 Å². The highest BCUT2D eigenvalue weighted by Crippen LogP contribution is 2.04. The number of aromatic amines is 1. The van der Waals surface area contributed by atoms with Gasteiger partial charge in [0.15, 0.2) is 5.96 Å². The maximum absolute atomic E-state index is 12.9. The number of H-pyrrole nitrogens is 1. The summed E-state index contributed by atoms with van der Waals surface area (Å²) in [5.74, 6) is -4.79. The molecule has 0 radical (unpaired) electrons. The Kier molecular flexibility index (Phi) is 12.4. The maximum Gasteiger partial charge on any atom is 0.326 e. The van der Waals surface area contributed by atoms with Gasteiger partial charge in [0.25, 0.3) is 0 Å². The zero-order chi connectivity index (χ0) is 27.3. The van der Waals surface area contributed by atoms with E-state index in [1.165, 1.54) is 19.4 Å². The van der Waals surface area contributed by atoms with Crippen LogP contribution >= 0.6 is 0 Å². The normalized spacial score (nSPS) is 13.9. The van der Waals surface area contributed by atoms with E-state index in [2.05, 4.69) is 30.9 Å². The molecule has 4 atom stereocenters. The summed E-state index contributed by atoms with van der Waals surface area (Å²) in [5, 5.41) is 25.4. The van der Waals surface area contributed by atoms with Crippen LogP contribution in [0, 0.1) is 0 Å². The average molecular weight is 512 g/mol. The Bertz CT molecular complexity index is 932. The van der Waals surface area contributed by atoms with Crippen LogP contribution in [0.25, 0.3) is 0 Å². The van der Waals surface area contributed by atoms with Crippen LogP contribution < -0.4 is 33.2 Å². The predicted molar refractivity (Wildman–Crippen MR) is 126 cm³/mol. The number of guanidine groups is 1. The molecule has 0 aliphatic heterocycles. The first-order valence-corrected chi connectivity index (χ1v) is 11.0. The number of nitrogens with zero attached hydrogens (tertiary/aromatic N) is 2. The lowest BCUT2D eigenvalue weighted by Crippen LogP contribution is -2.57. The Labute approximate surface area is 206 Å². The van der Waals surface area contributed by atoms with E-state index >= 15 is 0 Å². The Morgan fingerprint density at radius 2 is 1.69 bits per heavy atom. The minimum absolute atomic E-state index is 0.0310. The lowest BCUT2D eigenvalue weighted by molar-refractivity contribution is -0.142. The number of carbonyl (C=O) groups is 5. The number of carboxylic acids is 2. The van der Waals surface area contributed by atoms with Crippen molar-refractivity contribution in [2.45, 2.75) is 63.2 Å². The van der Waals surface area contributed by atoms with Gasteiger partial charge in [-0.1, -0.05) is 0 Å². The maximum atomic E-state index is 12.9. The van der Waals surface area contributed by atoms with E-state index in [1.807, 2.05) is 0 Å². The monoisotopic (exact) mass is 511 g/mol. The molecule has 1 heterocycles. The van der Waals surface area contributed by atoms with Crippen LogP contribution in [0.15, 0.2) is 17.5 Å². The number of hydrogen-bond donors (Lipinski definition) is 9. The van der Waals surface area contributed by atoms with Gasteiger partial charge in [0.2, 0.25) is 17.7 Å². The van der Waals surface area contributed by atoms with Crippen molar-refractivity contribution in [1.82, 2.24) is 25.9 Å². The van der Waals surface area contributed by atoms with Gasteiger partial charge in [-0.3, -0.25) is 24.2 Å². The van der Waals surface area contributed by atoms with Gasteiger partial charge >= 0.3 is 11.9 Å². The van der Waals surface area contributed by atoms with E-state index < -0.39 is 53.8 Å². The van der Waals surface area contributed by atoms with Crippen molar-refractivity contribution in [1.29, 1.82) is 0 Å². The standard InChI is InChI=1S/C20H33N9O7/c1-10(27-17(33)12(21)4-5-15(30)31)16(32)29-14(7-11-8-24-9-26-11)18(34)28-13(19(35)36)3-2-6-25-20(22)23/h8-10,12-14H,2-7,21H2,1H3,(H,24,26)(H,27,33)(H,28,34)(H,29,32)(H,30,31)(H,35,36)(H4,22,23,25). The second-order valence-corrected chi connectivity index (χ2v) is 7.96. The number of rotatable bonds is 16. The van der Waals surface area contributed by atoms with E-state index in [1.54, 1.807) is 0 Å². The molecule has 16 heteroatoms. The molecule has 0 spiro atoms. The molecule has 3 amide bonds. The zero-order valence-electron chi connectivity index (χ0n) is 19.8. The molecule has 4 unspecified atom stereocenters. The molecule has 16 nitrogen and oxygen atoms in total. The lowest BCUT2D eigenvalue weighted by atomic mass is 10.1. The van der Waals surface area contributed by atoms with Gasteiger partial charge in [0.05, 0.1) is 12.4 Å². The largest absolute Gasteiger partial charge is 0.481 e. The Balaban J connectivity index is 2.83. The smallest absolute Gasteiger partial charge is 0.326 e. The first kappa shape index (κ1) is 29.8. The van der Waals surface area contributed by atoms with Crippen molar-refractivity contribution >= 4 is 35.6 Å². The predicted octanol–water partition coefficient (Wildman–Crippen LogP) is -3.24. The molecule has 0 aromatic carbocycles. The molecule has 0 aliphatic carbocycles. The van der Waals surface area contributed by atoms with Crippen LogP contribution in [0.2, 0.25) is 0 Å². The number of aliphatic imine (C=N–C) groups is 1. The van der Waals surface area contributed by atoms with Gasteiger partial charge in [-0.05, 0) is 26.2 Å². The van der Waals surface area contributed by atoms with Gasteiger partial charge < -0.3 is 48.3 Å². The molecular formula is C20H33N9O7. The molecule has 200 valence electrons. The van der Waals surface area contributed by atoms with E-state index in [-0.39, 0.29) is 44.6 Å². The highest BCUT2D eigenvalue weighted by Gasteiger charge is 2.29. The van der Waals surface area contributed by atoms with Gasteiger partial charge in [0, 0.05) is 31.3 Å². The Morgan fingerprint density at radius 3 is 2.25 bits per heavy atom. The first-order valence-electron chi connectivity index (χ1n) is 11.0. The number of imidazole rings is 1. The first-order chi connectivity index (χ1) is 16.9. The fourth-order valence-corrected chi connectivity index (χ4v) is 2.95. The number of carboxylic acid groups (broad SMARTS) is 2. The summed E-state index contributed by atoms with van der Waals surface area (Å²) in [6.45, 7) is 1.52. The Morgan fingerprint density at radius 1 is 1.03 bits per heavy atom. The summed E-state index contributed by atoms with van der Waals surface area (Å²) in [4.78, 5) is 70.4. The molecule has 0 saturated heterocycles. The summed E-state index contributed by atoms with van der Waals surface area (Å²) in [5.41, 5.74) is 16.6. The van der Waals surface area contributed by atoms with Gasteiger partial charge in [-0.25, -0.2) is 9.78 Å². The molecule has 1 aromatic heterocycles. The fraction of sp³-hybridized carbons (Fsp3) is 0.550. The minimum Gasteiger partial charge on any atom is -0.481 e. The van der Waals surface area contributed by atoms with Crippen LogP contribution in [0.5, 0.6) is 0 Å². The molecule has 0 aliphatic rings. The third-order valence-electron chi connectivity index (χ3n) is 4.93. The minimum atomic E-state index is -1.28. The summed E-state index contributed by atoms with van der Waals surface area (Å²) < 4.78 is 0. The third kappa shape index (κ3) is 11.3. The van der Waals surface area contributed by atoms with Crippen molar-refractivity contribution in [3.63, 3.8) is 0 Å². The summed E-state index contributed by atoms with van der Waals surface area (Å²) in [6.07, 6.45) is 2.62. The van der Waals surface area contributed by atoms with E-state index in [9.17, 15) is 29.1 Å². The highest BCUT2D eigenvalue weighted by atomic mass is 16.4. The molecule has 12 N–H and O–H groups in total. The number of carbonyl (C=O) groups excluding carboxylic acids is 3. The average Bonchev–Trinajstić information content (AvgIpc) is 3.31. The molecule has 1 rings (SSSR count). The number of aliphatic carboxylic acids is 2. The van der Waals surface area contributed by atoms with Gasteiger partial charge in [-0.2, -0.15) is 0 Å². The summed E-state index contributed by atoms with van der Waals surface area (Å²) in [7, 11) is 0. The fourth-order valence-electron chi connectivity index (χ4n) is 2.95. The number of aromatic nitrogens is 2. The van der Waals surface area contributed by atoms with E-state index in [4.69, 9.17) is 22.3 Å². The number of hydrogen-bond acceptors (Lipinski definition) is 8. The quantitative estimate of drug-likeness (QED) is 0.0603. The van der Waals surface area contributed by atoms with E-state index in [0.717, 1.165) is 0 Å². The van der Waals surface area contributed by atoms with Crippen molar-refractivity contribution in [2.24, 2.45) is 22.2 Å². The third-order valence-corrected chi connectivity index (χ3v) is 4.93. The van der Waals surface area contributed by atoms with Crippen LogP contribution in [0.4, 0.5) is 0 Å². The zero-order valence-corrected chi connectivity index (χ0v) is 19.8. The van der Waals surface area contributed by atoms with E-state index in [0.29, 0.717) is 5.69 Å². The van der Waals surface area contributed by atoms with Crippen LogP contribution in [0.3, 0.4) is 0 Å². The van der Waals surface area contributed by atoms with Gasteiger partial charge in [0.1, 0.15) is 18.1 Å². The second kappa shape index (κ2) is 14.9. The lowest BCUT2D eigenvalue weighted by Gasteiger charge is -2.23. The molecule has 0 fully saturated rings. The number of nitrogens with two attached hydrogens (primary N) is 3. The SMILES string of the molecule is CC(NC(=O)C(N)CCC(=O)O)C(=O)NC(Cc1cnc[nH]1)C(=O)NC(CCCN=C(N)N)C(=O)O. The Hall–Kier alpha value is -4.21. The topological polar surface area (TPSA) is 281 Å². The molecule has 1 aromatic rings. The molecule has 0 bridgehead atoms. The molecule has 36 heavy (non-hydrogen) atoms. The second-order valence-electron chi connectivity index (χ2n) is 7.96. The van der Waals surface area contributed by atoms with Crippen LogP contribution in [-0.4, -0.2) is 86.5 Å². The molecular weight excluding hydrogens is 478 g/mol. The van der Waals surface area contributed by atoms with Crippen LogP contribution in [-0.2, 0) is 30.4 Å². The number of amides is 3. The summed E-state index contributed by atoms with van der Waals surface area (Å²) in [6, 6.07) is -4.74. The highest BCUT2D eigenvalue weighted by molar-refractivity contribution is 5.94. The van der Waals surface area contributed by atoms with Crippen LogP contribution in [0.1, 0.15) is 38.3 Å². The van der Waals surface area contributed by atoms with Gasteiger partial charge in [-0.15, -0.1) is 0 Å². The molecule has 0 saturated carbocycles. The van der Waals surface area contributed by atoms with Crippen molar-refractivity contribution in [3.8, 4) is 0 Å².